The average molecular weight is 465 g/mol. The van der Waals surface area contributed by atoms with E-state index in [1.165, 1.54) is 63.4 Å². The number of carbonyl (C=O) groups excluding carboxylic acids is 1. The van der Waals surface area contributed by atoms with Gasteiger partial charge in [0.1, 0.15) is 0 Å². The Bertz CT molecular complexity index is 911. The summed E-state index contributed by atoms with van der Waals surface area (Å²) in [5, 5.41) is 3.48. The molecule has 0 saturated heterocycles. The van der Waals surface area contributed by atoms with Gasteiger partial charge < -0.3 is 11.1 Å². The Labute approximate surface area is 208 Å². The first-order valence-corrected chi connectivity index (χ1v) is 14.3. The van der Waals surface area contributed by atoms with Gasteiger partial charge in [0.2, 0.25) is 0 Å². The van der Waals surface area contributed by atoms with Crippen LogP contribution in [-0.4, -0.2) is 18.0 Å². The van der Waals surface area contributed by atoms with E-state index in [4.69, 9.17) is 5.73 Å². The molecule has 34 heavy (non-hydrogen) atoms. The number of nitrogens with one attached hydrogen (secondary N) is 1. The lowest BCUT2D eigenvalue weighted by Crippen LogP contribution is -2.61. The minimum atomic E-state index is 0.0854. The highest BCUT2D eigenvalue weighted by molar-refractivity contribution is 5.94. The van der Waals surface area contributed by atoms with Crippen LogP contribution in [-0.2, 0) is 0 Å². The molecule has 0 aliphatic heterocycles. The van der Waals surface area contributed by atoms with Gasteiger partial charge in [-0.3, -0.25) is 4.79 Å². The number of nitrogens with two attached hydrogens (primary N) is 1. The van der Waals surface area contributed by atoms with E-state index in [0.717, 1.165) is 35.7 Å². The molecule has 0 heterocycles. The maximum absolute atomic E-state index is 13.2. The molecule has 4 saturated carbocycles. The first-order valence-electron chi connectivity index (χ1n) is 14.3. The Balaban J connectivity index is 1.40. The second-order valence-corrected chi connectivity index (χ2v) is 13.1. The molecule has 0 radical (unpaired) electrons. The smallest absolute Gasteiger partial charge is 0.251 e. The molecular weight excluding hydrogens is 416 g/mol. The largest absolute Gasteiger partial charge is 0.349 e. The van der Waals surface area contributed by atoms with Crippen LogP contribution in [0.25, 0.3) is 0 Å². The number of fused-ring (bicyclic) bond motifs is 5. The van der Waals surface area contributed by atoms with Gasteiger partial charge in [-0.05, 0) is 124 Å². The third-order valence-electron chi connectivity index (χ3n) is 12.4. The zero-order chi connectivity index (χ0) is 24.3. The number of carbonyl (C=O) groups is 1. The molecule has 5 rings (SSSR count). The Morgan fingerprint density at radius 3 is 2.44 bits per heavy atom. The highest BCUT2D eigenvalue weighted by atomic mass is 16.1. The summed E-state index contributed by atoms with van der Waals surface area (Å²) in [4.78, 5) is 13.2. The zero-order valence-electron chi connectivity index (χ0n) is 22.3. The van der Waals surface area contributed by atoms with E-state index in [9.17, 15) is 4.79 Å². The molecule has 4 fully saturated rings. The fourth-order valence-electron chi connectivity index (χ4n) is 10.3. The summed E-state index contributed by atoms with van der Waals surface area (Å²) >= 11 is 0. The van der Waals surface area contributed by atoms with Crippen LogP contribution in [0.2, 0.25) is 0 Å². The van der Waals surface area contributed by atoms with Crippen molar-refractivity contribution in [3.05, 3.63) is 35.4 Å². The van der Waals surface area contributed by atoms with Gasteiger partial charge in [0.15, 0.2) is 0 Å². The predicted octanol–water partition coefficient (Wildman–Crippen LogP) is 6.88. The van der Waals surface area contributed by atoms with Gasteiger partial charge in [-0.15, -0.1) is 0 Å². The third kappa shape index (κ3) is 3.35. The standard InChI is InChI=1S/C31H48N2O/c1-6-31(21(3)33-28(34)22-12-10-20(2)11-13-22)19-17-25-24-15-14-23-8-7-9-27(32)30(23,5)26(24)16-18-29(25,31)4/h10-13,21,23-27H,6-9,14-19,32H2,1-5H3,(H,33,34)/t21?,23-,24-,25-,26-,27?,29+,30-,31+/m0/s1. The Morgan fingerprint density at radius 1 is 1.03 bits per heavy atom. The van der Waals surface area contributed by atoms with Crippen LogP contribution in [0.1, 0.15) is 108 Å². The second-order valence-electron chi connectivity index (χ2n) is 13.1. The van der Waals surface area contributed by atoms with Crippen molar-refractivity contribution in [1.82, 2.24) is 5.32 Å². The van der Waals surface area contributed by atoms with Crippen LogP contribution >= 0.6 is 0 Å². The van der Waals surface area contributed by atoms with Crippen molar-refractivity contribution in [3.8, 4) is 0 Å². The van der Waals surface area contributed by atoms with Crippen molar-refractivity contribution >= 4 is 5.91 Å². The van der Waals surface area contributed by atoms with Crippen molar-refractivity contribution < 1.29 is 4.79 Å². The molecule has 4 aliphatic rings. The van der Waals surface area contributed by atoms with Crippen molar-refractivity contribution in [2.24, 2.45) is 45.7 Å². The molecule has 188 valence electrons. The number of benzene rings is 1. The summed E-state index contributed by atoms with van der Waals surface area (Å²) in [6.45, 7) is 11.9. The topological polar surface area (TPSA) is 55.1 Å². The molecule has 0 aromatic heterocycles. The molecule has 4 aliphatic carbocycles. The molecule has 0 spiro atoms. The first-order chi connectivity index (χ1) is 16.2. The van der Waals surface area contributed by atoms with Gasteiger partial charge in [-0.2, -0.15) is 0 Å². The molecule has 0 bridgehead atoms. The van der Waals surface area contributed by atoms with Gasteiger partial charge >= 0.3 is 0 Å². The number of aryl methyl sites for hydroxylation is 1. The van der Waals surface area contributed by atoms with Gasteiger partial charge in [-0.25, -0.2) is 0 Å². The number of hydrogen-bond acceptors (Lipinski definition) is 2. The van der Waals surface area contributed by atoms with Crippen molar-refractivity contribution in [3.63, 3.8) is 0 Å². The molecular formula is C31H48N2O. The average Bonchev–Trinajstić information content (AvgIpc) is 3.13. The predicted molar refractivity (Wildman–Crippen MR) is 141 cm³/mol. The molecule has 9 atom stereocenters. The monoisotopic (exact) mass is 464 g/mol. The van der Waals surface area contributed by atoms with E-state index in [1.54, 1.807) is 0 Å². The first kappa shape index (κ1) is 24.3. The highest BCUT2D eigenvalue weighted by Gasteiger charge is 2.66. The molecule has 1 aromatic carbocycles. The summed E-state index contributed by atoms with van der Waals surface area (Å²) in [7, 11) is 0. The van der Waals surface area contributed by atoms with Crippen LogP contribution in [0, 0.1) is 46.8 Å². The maximum Gasteiger partial charge on any atom is 0.251 e. The van der Waals surface area contributed by atoms with E-state index in [0.29, 0.717) is 16.9 Å². The zero-order valence-corrected chi connectivity index (χ0v) is 22.3. The molecule has 3 nitrogen and oxygen atoms in total. The van der Waals surface area contributed by atoms with Gasteiger partial charge in [0, 0.05) is 17.6 Å². The number of amides is 1. The third-order valence-corrected chi connectivity index (χ3v) is 12.4. The van der Waals surface area contributed by atoms with Gasteiger partial charge in [-0.1, -0.05) is 44.9 Å². The van der Waals surface area contributed by atoms with E-state index in [2.05, 4.69) is 39.9 Å². The lowest BCUT2D eigenvalue weighted by atomic mass is 9.42. The van der Waals surface area contributed by atoms with Crippen LogP contribution < -0.4 is 11.1 Å². The quantitative estimate of drug-likeness (QED) is 0.510. The Kier molecular flexibility index (Phi) is 6.19. The maximum atomic E-state index is 13.2. The minimum absolute atomic E-state index is 0.0854. The van der Waals surface area contributed by atoms with E-state index in [1.807, 2.05) is 24.3 Å². The van der Waals surface area contributed by atoms with Crippen LogP contribution in [0.5, 0.6) is 0 Å². The molecule has 3 heteroatoms. The molecule has 2 unspecified atom stereocenters. The van der Waals surface area contributed by atoms with Crippen LogP contribution in [0.4, 0.5) is 0 Å². The summed E-state index contributed by atoms with van der Waals surface area (Å²) in [5.41, 5.74) is 9.69. The molecule has 1 amide bonds. The van der Waals surface area contributed by atoms with Crippen LogP contribution in [0.15, 0.2) is 24.3 Å². The van der Waals surface area contributed by atoms with Crippen LogP contribution in [0.3, 0.4) is 0 Å². The lowest BCUT2D eigenvalue weighted by Gasteiger charge is -2.64. The van der Waals surface area contributed by atoms with Crippen molar-refractivity contribution in [2.75, 3.05) is 0 Å². The summed E-state index contributed by atoms with van der Waals surface area (Å²) < 4.78 is 0. The second kappa shape index (κ2) is 8.64. The van der Waals surface area contributed by atoms with Gasteiger partial charge in [0.25, 0.3) is 5.91 Å². The lowest BCUT2D eigenvalue weighted by molar-refractivity contribution is -0.136. The summed E-state index contributed by atoms with van der Waals surface area (Å²) in [6.07, 6.45) is 13.1. The van der Waals surface area contributed by atoms with Gasteiger partial charge in [0.05, 0.1) is 0 Å². The fourth-order valence-corrected chi connectivity index (χ4v) is 10.3. The van der Waals surface area contributed by atoms with E-state index >= 15 is 0 Å². The fraction of sp³-hybridized carbons (Fsp3) is 0.774. The van der Waals surface area contributed by atoms with Crippen molar-refractivity contribution in [1.29, 1.82) is 0 Å². The Hall–Kier alpha value is -1.35. The summed E-state index contributed by atoms with van der Waals surface area (Å²) in [5.74, 6) is 3.31. The molecule has 1 aromatic rings. The van der Waals surface area contributed by atoms with E-state index < -0.39 is 0 Å². The molecule has 3 N–H and O–H groups in total. The Morgan fingerprint density at radius 2 is 1.74 bits per heavy atom. The summed E-state index contributed by atoms with van der Waals surface area (Å²) in [6, 6.07) is 8.57. The number of rotatable bonds is 4. The SMILES string of the molecule is CC[C@]1(C(C)NC(=O)c2ccc(C)cc2)CC[C@H]2[C@@H]3CC[C@@H]4CCCC(N)[C@]4(C)[C@H]3CC[C@]21C. The van der Waals surface area contributed by atoms with E-state index in [-0.39, 0.29) is 17.4 Å². The number of hydrogen-bond donors (Lipinski definition) is 2. The highest BCUT2D eigenvalue weighted by Crippen LogP contribution is 2.71. The van der Waals surface area contributed by atoms with Crippen molar-refractivity contribution in [2.45, 2.75) is 111 Å². The normalized spacial score (nSPS) is 44.5. The minimum Gasteiger partial charge on any atom is -0.349 e.